The van der Waals surface area contributed by atoms with Gasteiger partial charge in [-0.05, 0) is 19.2 Å². The molecular formula is C23H30PSiTi. The number of allylic oxidation sites excluding steroid dienone is 2. The zero-order valence-corrected chi connectivity index (χ0v) is 20.1. The van der Waals surface area contributed by atoms with Crippen LogP contribution in [0.4, 0.5) is 0 Å². The van der Waals surface area contributed by atoms with E-state index in [-0.39, 0.29) is 47.5 Å². The number of fused-ring (bicyclic) bond motifs is 1. The molecule has 0 aliphatic rings. The van der Waals surface area contributed by atoms with Crippen LogP contribution in [0.25, 0.3) is 10.8 Å². The van der Waals surface area contributed by atoms with Gasteiger partial charge in [0.2, 0.25) is 0 Å². The quantitative estimate of drug-likeness (QED) is 0.187. The van der Waals surface area contributed by atoms with Crippen LogP contribution in [0.1, 0.15) is 13.8 Å². The smallest absolute Gasteiger partial charge is 0.358 e. The number of hydrogen-bond acceptors (Lipinski definition) is 0. The van der Waals surface area contributed by atoms with E-state index < -0.39 is 0 Å². The van der Waals surface area contributed by atoms with Crippen molar-refractivity contribution in [3.05, 3.63) is 112 Å². The summed E-state index contributed by atoms with van der Waals surface area (Å²) in [5.74, 6) is 0. The van der Waals surface area contributed by atoms with Crippen molar-refractivity contribution >= 4 is 36.3 Å². The minimum Gasteiger partial charge on any atom is -0.358 e. The Balaban J connectivity index is -0.000000133. The number of rotatable bonds is 1. The summed E-state index contributed by atoms with van der Waals surface area (Å²) in [4.78, 5) is 0. The van der Waals surface area contributed by atoms with Crippen LogP contribution >= 0.6 is 9.24 Å². The first-order valence-corrected chi connectivity index (χ1v) is 7.81. The molecule has 0 heterocycles. The van der Waals surface area contributed by atoms with E-state index in [9.17, 15) is 0 Å². The van der Waals surface area contributed by atoms with Crippen LogP contribution in [-0.4, -0.2) is 11.0 Å². The van der Waals surface area contributed by atoms with Gasteiger partial charge in [0, 0.05) is 11.0 Å². The van der Waals surface area contributed by atoms with Crippen LogP contribution in [0.3, 0.4) is 0 Å². The Kier molecular flexibility index (Phi) is 23.4. The Bertz CT molecular complexity index is 675. The van der Waals surface area contributed by atoms with Gasteiger partial charge in [-0.2, -0.15) is 17.5 Å². The zero-order chi connectivity index (χ0) is 16.4. The largest absolute Gasteiger partial charge is 3.00 e. The maximum Gasteiger partial charge on any atom is 3.00 e. The van der Waals surface area contributed by atoms with Crippen molar-refractivity contribution in [2.75, 3.05) is 0 Å². The predicted octanol–water partition coefficient (Wildman–Crippen LogP) is 6.40. The van der Waals surface area contributed by atoms with Gasteiger partial charge >= 0.3 is 21.7 Å². The van der Waals surface area contributed by atoms with Crippen LogP contribution < -0.4 is 5.30 Å². The van der Waals surface area contributed by atoms with Gasteiger partial charge in [-0.1, -0.05) is 60.7 Å². The van der Waals surface area contributed by atoms with Crippen molar-refractivity contribution in [3.8, 4) is 0 Å². The maximum absolute atomic E-state index is 3.66. The molecule has 0 amide bonds. The van der Waals surface area contributed by atoms with Crippen molar-refractivity contribution in [2.24, 2.45) is 0 Å². The summed E-state index contributed by atoms with van der Waals surface area (Å²) in [7, 11) is 2.63. The minimum atomic E-state index is 0. The van der Waals surface area contributed by atoms with Gasteiger partial charge in [0.1, 0.15) is 0 Å². The SMILES string of the molecule is C=C(C)C(=C)C.Pc1ccccc1.[CH3-].[CH3-].[Si].[Ti+3].c1ccc2[cH-]ccc2c1. The Morgan fingerprint density at radius 3 is 1.65 bits per heavy atom. The Morgan fingerprint density at radius 2 is 1.27 bits per heavy atom. The van der Waals surface area contributed by atoms with E-state index in [1.54, 1.807) is 0 Å². The first-order chi connectivity index (χ1) is 10.5. The second-order valence-corrected chi connectivity index (χ2v) is 5.79. The monoisotopic (exact) mass is 413 g/mol. The third-order valence-electron chi connectivity index (χ3n) is 3.08. The van der Waals surface area contributed by atoms with Crippen molar-refractivity contribution < 1.29 is 21.7 Å². The minimum absolute atomic E-state index is 0. The first kappa shape index (κ1) is 32.6. The van der Waals surface area contributed by atoms with Gasteiger partial charge < -0.3 is 14.9 Å². The molecule has 3 aromatic rings. The summed E-state index contributed by atoms with van der Waals surface area (Å²) in [6.45, 7) is 11.2. The third kappa shape index (κ3) is 14.1. The third-order valence-corrected chi connectivity index (χ3v) is 3.46. The first-order valence-electron chi connectivity index (χ1n) is 7.23. The predicted molar refractivity (Wildman–Crippen MR) is 124 cm³/mol. The zero-order valence-electron chi connectivity index (χ0n) is 16.4. The maximum atomic E-state index is 3.66. The molecule has 1 atom stereocenters. The summed E-state index contributed by atoms with van der Waals surface area (Å²) in [5, 5.41) is 3.90. The fraction of sp³-hybridized carbons (Fsp3) is 0.0870. The average Bonchev–Trinajstić information content (AvgIpc) is 2.97. The molecule has 0 spiro atoms. The molecular weight excluding hydrogens is 383 g/mol. The van der Waals surface area contributed by atoms with E-state index in [0.29, 0.717) is 0 Å². The molecule has 3 aromatic carbocycles. The molecule has 0 aliphatic heterocycles. The fourth-order valence-corrected chi connectivity index (χ4v) is 1.75. The molecule has 5 radical (unpaired) electrons. The van der Waals surface area contributed by atoms with Crippen LogP contribution in [-0.2, 0) is 21.7 Å². The Labute approximate surface area is 183 Å². The van der Waals surface area contributed by atoms with Crippen molar-refractivity contribution in [1.82, 2.24) is 0 Å². The molecule has 0 fully saturated rings. The molecule has 3 heteroatoms. The van der Waals surface area contributed by atoms with E-state index in [4.69, 9.17) is 0 Å². The molecule has 0 saturated carbocycles. The second-order valence-electron chi connectivity index (χ2n) is 5.13. The van der Waals surface area contributed by atoms with E-state index in [1.165, 1.54) is 16.1 Å². The standard InChI is InChI=1S/C9H7.C6H7P.C6H10.2CH3.Si.Ti/c1-2-5-9-7-3-6-8(9)4-1;7-6-4-2-1-3-5-6;1-5(2)6(3)4;;;;/h1-7H;1-5H,7H2;1,3H2,2,4H3;2*1H3;;/q-1;;;2*-1;;+3. The molecule has 135 valence electrons. The van der Waals surface area contributed by atoms with Crippen molar-refractivity contribution in [2.45, 2.75) is 13.8 Å². The number of hydrogen-bond donors (Lipinski definition) is 0. The van der Waals surface area contributed by atoms with Gasteiger partial charge in [-0.3, -0.25) is 0 Å². The van der Waals surface area contributed by atoms with Crippen molar-refractivity contribution in [3.63, 3.8) is 0 Å². The molecule has 1 unspecified atom stereocenters. The summed E-state index contributed by atoms with van der Waals surface area (Å²) in [6, 6.07) is 24.8. The summed E-state index contributed by atoms with van der Waals surface area (Å²) < 4.78 is 0. The van der Waals surface area contributed by atoms with Crippen LogP contribution in [0, 0.1) is 14.9 Å². The topological polar surface area (TPSA) is 0 Å². The van der Waals surface area contributed by atoms with E-state index in [0.717, 1.165) is 11.1 Å². The molecule has 0 N–H and O–H groups in total. The Morgan fingerprint density at radius 1 is 0.808 bits per heavy atom. The second kappa shape index (κ2) is 18.7. The molecule has 26 heavy (non-hydrogen) atoms. The average molecular weight is 413 g/mol. The normalized spacial score (nSPS) is 7.65. The summed E-state index contributed by atoms with van der Waals surface area (Å²) in [6.07, 6.45) is 0. The van der Waals surface area contributed by atoms with Crippen LogP contribution in [0.5, 0.6) is 0 Å². The summed E-state index contributed by atoms with van der Waals surface area (Å²) >= 11 is 0. The Hall–Kier alpha value is -1.11. The van der Waals surface area contributed by atoms with Crippen LogP contribution in [0.15, 0.2) is 97.1 Å². The van der Waals surface area contributed by atoms with Crippen molar-refractivity contribution in [1.29, 1.82) is 0 Å². The number of benzene rings is 2. The van der Waals surface area contributed by atoms with Gasteiger partial charge in [0.25, 0.3) is 0 Å². The van der Waals surface area contributed by atoms with E-state index in [1.807, 2.05) is 44.2 Å². The molecule has 0 bridgehead atoms. The fourth-order valence-electron chi connectivity index (χ4n) is 1.52. The molecule has 0 aliphatic carbocycles. The summed E-state index contributed by atoms with van der Waals surface area (Å²) in [5.41, 5.74) is 2.13. The molecule has 0 aromatic heterocycles. The molecule has 3 rings (SSSR count). The van der Waals surface area contributed by atoms with Gasteiger partial charge in [-0.15, -0.1) is 38.9 Å². The van der Waals surface area contributed by atoms with E-state index >= 15 is 0 Å². The van der Waals surface area contributed by atoms with Crippen LogP contribution in [0.2, 0.25) is 0 Å². The van der Waals surface area contributed by atoms with Gasteiger partial charge in [0.05, 0.1) is 0 Å². The molecule has 0 saturated heterocycles. The van der Waals surface area contributed by atoms with Gasteiger partial charge in [-0.25, -0.2) is 0 Å². The van der Waals surface area contributed by atoms with E-state index in [2.05, 4.69) is 64.9 Å². The molecule has 0 nitrogen and oxygen atoms in total. The van der Waals surface area contributed by atoms with Gasteiger partial charge in [0.15, 0.2) is 0 Å².